The third kappa shape index (κ3) is 3.34. The highest BCUT2D eigenvalue weighted by molar-refractivity contribution is 5.94. The first-order valence-corrected chi connectivity index (χ1v) is 6.56. The van der Waals surface area contributed by atoms with Crippen molar-refractivity contribution in [3.63, 3.8) is 0 Å². The Bertz CT molecular complexity index is 557. The van der Waals surface area contributed by atoms with E-state index in [0.29, 0.717) is 12.0 Å². The SMILES string of the molecule is CCC1C(=O)NCC(=O)N1Cc1cccc(C(F)(F)F)c1. The van der Waals surface area contributed by atoms with E-state index in [9.17, 15) is 22.8 Å². The molecule has 2 rings (SSSR count). The molecule has 1 fully saturated rings. The second-order valence-corrected chi connectivity index (χ2v) is 4.86. The first-order valence-electron chi connectivity index (χ1n) is 6.56. The van der Waals surface area contributed by atoms with Crippen LogP contribution in [-0.2, 0) is 22.3 Å². The maximum Gasteiger partial charge on any atom is 0.416 e. The lowest BCUT2D eigenvalue weighted by atomic mass is 10.1. The van der Waals surface area contributed by atoms with E-state index in [2.05, 4.69) is 5.32 Å². The van der Waals surface area contributed by atoms with Gasteiger partial charge in [0.25, 0.3) is 0 Å². The van der Waals surface area contributed by atoms with Crippen molar-refractivity contribution in [1.29, 1.82) is 0 Å². The van der Waals surface area contributed by atoms with E-state index in [1.165, 1.54) is 17.0 Å². The molecule has 0 aromatic heterocycles. The van der Waals surface area contributed by atoms with Crippen molar-refractivity contribution < 1.29 is 22.8 Å². The van der Waals surface area contributed by atoms with Gasteiger partial charge in [-0.3, -0.25) is 9.59 Å². The minimum absolute atomic E-state index is 0.00528. The van der Waals surface area contributed by atoms with E-state index in [-0.39, 0.29) is 24.9 Å². The van der Waals surface area contributed by atoms with Crippen LogP contribution in [0, 0.1) is 0 Å². The molecule has 2 amide bonds. The van der Waals surface area contributed by atoms with Crippen molar-refractivity contribution in [2.45, 2.75) is 32.1 Å². The molecule has 7 heteroatoms. The Kier molecular flexibility index (Phi) is 4.20. The second kappa shape index (κ2) is 5.75. The van der Waals surface area contributed by atoms with Gasteiger partial charge in [0.05, 0.1) is 12.1 Å². The Morgan fingerprint density at radius 1 is 1.33 bits per heavy atom. The summed E-state index contributed by atoms with van der Waals surface area (Å²) >= 11 is 0. The third-order valence-corrected chi connectivity index (χ3v) is 3.41. The summed E-state index contributed by atoms with van der Waals surface area (Å²) in [5.41, 5.74) is -0.409. The zero-order valence-corrected chi connectivity index (χ0v) is 11.4. The molecular weight excluding hydrogens is 285 g/mol. The average molecular weight is 300 g/mol. The number of nitrogens with zero attached hydrogens (tertiary/aromatic N) is 1. The number of amides is 2. The van der Waals surface area contributed by atoms with Gasteiger partial charge in [0.15, 0.2) is 0 Å². The summed E-state index contributed by atoms with van der Waals surface area (Å²) in [6.45, 7) is 1.63. The number of nitrogens with one attached hydrogen (secondary N) is 1. The maximum atomic E-state index is 12.7. The van der Waals surface area contributed by atoms with Crippen LogP contribution in [0.25, 0.3) is 0 Å². The molecule has 1 aliphatic heterocycles. The molecule has 1 atom stereocenters. The number of hydrogen-bond acceptors (Lipinski definition) is 2. The summed E-state index contributed by atoms with van der Waals surface area (Å²) in [5, 5.41) is 2.47. The van der Waals surface area contributed by atoms with Crippen LogP contribution in [0.15, 0.2) is 24.3 Å². The lowest BCUT2D eigenvalue weighted by molar-refractivity contribution is -0.146. The van der Waals surface area contributed by atoms with E-state index in [4.69, 9.17) is 0 Å². The maximum absolute atomic E-state index is 12.7. The number of alkyl halides is 3. The van der Waals surface area contributed by atoms with Gasteiger partial charge in [0.2, 0.25) is 11.8 Å². The van der Waals surface area contributed by atoms with Crippen LogP contribution in [0.3, 0.4) is 0 Å². The van der Waals surface area contributed by atoms with Gasteiger partial charge in [-0.2, -0.15) is 13.2 Å². The first kappa shape index (κ1) is 15.3. The van der Waals surface area contributed by atoms with Crippen molar-refractivity contribution in [2.75, 3.05) is 6.54 Å². The molecule has 0 spiro atoms. The van der Waals surface area contributed by atoms with Gasteiger partial charge in [-0.25, -0.2) is 0 Å². The number of carbonyl (C=O) groups excluding carboxylic acids is 2. The molecular formula is C14H15F3N2O2. The van der Waals surface area contributed by atoms with E-state index in [1.54, 1.807) is 6.92 Å². The summed E-state index contributed by atoms with van der Waals surface area (Å²) in [4.78, 5) is 24.9. The average Bonchev–Trinajstić information content (AvgIpc) is 2.43. The Labute approximate surface area is 119 Å². The monoisotopic (exact) mass is 300 g/mol. The fourth-order valence-corrected chi connectivity index (χ4v) is 2.34. The van der Waals surface area contributed by atoms with Crippen LogP contribution < -0.4 is 5.32 Å². The molecule has 0 aliphatic carbocycles. The van der Waals surface area contributed by atoms with Crippen LogP contribution >= 0.6 is 0 Å². The quantitative estimate of drug-likeness (QED) is 0.927. The second-order valence-electron chi connectivity index (χ2n) is 4.86. The predicted molar refractivity (Wildman–Crippen MR) is 69.1 cm³/mol. The summed E-state index contributed by atoms with van der Waals surface area (Å²) in [5.74, 6) is -0.567. The van der Waals surface area contributed by atoms with Gasteiger partial charge in [0.1, 0.15) is 6.04 Å². The minimum Gasteiger partial charge on any atom is -0.345 e. The fraction of sp³-hybridized carbons (Fsp3) is 0.429. The highest BCUT2D eigenvalue weighted by Gasteiger charge is 2.34. The van der Waals surface area contributed by atoms with E-state index in [0.717, 1.165) is 12.1 Å². The van der Waals surface area contributed by atoms with Crippen LogP contribution in [0.1, 0.15) is 24.5 Å². The molecule has 1 N–H and O–H groups in total. The predicted octanol–water partition coefficient (Wildman–Crippen LogP) is 1.94. The Balaban J connectivity index is 2.23. The number of piperazine rings is 1. The van der Waals surface area contributed by atoms with E-state index in [1.807, 2.05) is 0 Å². The minimum atomic E-state index is -4.43. The molecule has 4 nitrogen and oxygen atoms in total. The molecule has 1 unspecified atom stereocenters. The van der Waals surface area contributed by atoms with Crippen molar-refractivity contribution in [2.24, 2.45) is 0 Å². The zero-order chi connectivity index (χ0) is 15.6. The van der Waals surface area contributed by atoms with Gasteiger partial charge in [-0.1, -0.05) is 19.1 Å². The fourth-order valence-electron chi connectivity index (χ4n) is 2.34. The molecule has 0 radical (unpaired) electrons. The van der Waals surface area contributed by atoms with Crippen molar-refractivity contribution in [3.8, 4) is 0 Å². The van der Waals surface area contributed by atoms with Crippen molar-refractivity contribution in [1.82, 2.24) is 10.2 Å². The lowest BCUT2D eigenvalue weighted by Gasteiger charge is -2.34. The summed E-state index contributed by atoms with van der Waals surface area (Å²) in [6.07, 6.45) is -4.01. The Hall–Kier alpha value is -2.05. The number of benzene rings is 1. The number of rotatable bonds is 3. The van der Waals surface area contributed by atoms with Gasteiger partial charge >= 0.3 is 6.18 Å². The van der Waals surface area contributed by atoms with E-state index < -0.39 is 17.8 Å². The summed E-state index contributed by atoms with van der Waals surface area (Å²) < 4.78 is 38.1. The first-order chi connectivity index (χ1) is 9.82. The standard InChI is InChI=1S/C14H15F3N2O2/c1-2-11-13(21)18-7-12(20)19(11)8-9-4-3-5-10(6-9)14(15,16)17/h3-6,11H,2,7-8H2,1H3,(H,18,21). The van der Waals surface area contributed by atoms with Gasteiger partial charge in [-0.05, 0) is 24.1 Å². The summed E-state index contributed by atoms with van der Waals surface area (Å²) in [7, 11) is 0. The van der Waals surface area contributed by atoms with Crippen LogP contribution in [-0.4, -0.2) is 29.3 Å². The highest BCUT2D eigenvalue weighted by atomic mass is 19.4. The zero-order valence-electron chi connectivity index (χ0n) is 11.4. The molecule has 1 aliphatic rings. The summed E-state index contributed by atoms with van der Waals surface area (Å²) in [6, 6.07) is 4.16. The molecule has 1 aromatic rings. The Morgan fingerprint density at radius 3 is 2.67 bits per heavy atom. The largest absolute Gasteiger partial charge is 0.416 e. The van der Waals surface area contributed by atoms with Crippen LogP contribution in [0.4, 0.5) is 13.2 Å². The molecule has 1 saturated heterocycles. The lowest BCUT2D eigenvalue weighted by Crippen LogP contribution is -2.57. The van der Waals surface area contributed by atoms with Gasteiger partial charge in [0, 0.05) is 6.54 Å². The van der Waals surface area contributed by atoms with Crippen molar-refractivity contribution in [3.05, 3.63) is 35.4 Å². The normalized spacial score (nSPS) is 19.6. The molecule has 0 bridgehead atoms. The van der Waals surface area contributed by atoms with Crippen LogP contribution in [0.5, 0.6) is 0 Å². The van der Waals surface area contributed by atoms with E-state index >= 15 is 0 Å². The number of halogens is 3. The molecule has 114 valence electrons. The molecule has 1 aromatic carbocycles. The highest BCUT2D eigenvalue weighted by Crippen LogP contribution is 2.30. The number of hydrogen-bond donors (Lipinski definition) is 1. The van der Waals surface area contributed by atoms with Gasteiger partial charge < -0.3 is 10.2 Å². The van der Waals surface area contributed by atoms with Gasteiger partial charge in [-0.15, -0.1) is 0 Å². The van der Waals surface area contributed by atoms with Crippen LogP contribution in [0.2, 0.25) is 0 Å². The molecule has 0 saturated carbocycles. The third-order valence-electron chi connectivity index (χ3n) is 3.41. The Morgan fingerprint density at radius 2 is 2.05 bits per heavy atom. The molecule has 1 heterocycles. The molecule has 21 heavy (non-hydrogen) atoms. The smallest absolute Gasteiger partial charge is 0.345 e. The topological polar surface area (TPSA) is 49.4 Å². The van der Waals surface area contributed by atoms with Crippen molar-refractivity contribution >= 4 is 11.8 Å². The number of carbonyl (C=O) groups is 2.